The lowest BCUT2D eigenvalue weighted by molar-refractivity contribution is -0.292. The molecule has 3 rings (SSSR count). The number of aldehydes is 1. The first-order valence-electron chi connectivity index (χ1n) is 9.46. The van der Waals surface area contributed by atoms with Gasteiger partial charge in [-0.25, -0.2) is 5.01 Å². The Kier molecular flexibility index (Phi) is 7.39. The fraction of sp³-hybridized carbons (Fsp3) is 0.381. The summed E-state index contributed by atoms with van der Waals surface area (Å²) in [6.07, 6.45) is 0.776. The zero-order valence-electron chi connectivity index (χ0n) is 16.3. The van der Waals surface area contributed by atoms with Crippen LogP contribution >= 0.6 is 0 Å². The molecular formula is C21H28N4O3. The zero-order valence-corrected chi connectivity index (χ0v) is 16.3. The summed E-state index contributed by atoms with van der Waals surface area (Å²) in [6.45, 7) is 5.05. The molecule has 150 valence electrons. The zero-order chi connectivity index (χ0) is 19.8. The number of nitrogen functional groups attached to an aromatic ring is 1. The molecule has 2 N–H and O–H groups in total. The predicted octanol–water partition coefficient (Wildman–Crippen LogP) is 1.94. The van der Waals surface area contributed by atoms with Crippen molar-refractivity contribution in [1.29, 1.82) is 0 Å². The molecule has 2 aromatic rings. The van der Waals surface area contributed by atoms with E-state index >= 15 is 0 Å². The van der Waals surface area contributed by atoms with Crippen LogP contribution in [-0.2, 0) is 22.7 Å². The Labute approximate surface area is 166 Å². The fourth-order valence-electron chi connectivity index (χ4n) is 3.23. The molecule has 0 spiro atoms. The maximum absolute atomic E-state index is 10.8. The molecule has 0 aliphatic carbocycles. The molecule has 1 heterocycles. The van der Waals surface area contributed by atoms with Crippen LogP contribution in [0.15, 0.2) is 48.5 Å². The van der Waals surface area contributed by atoms with Gasteiger partial charge in [-0.05, 0) is 35.4 Å². The van der Waals surface area contributed by atoms with Crippen LogP contribution in [0.1, 0.15) is 11.1 Å². The normalized spacial score (nSPS) is 15.6. The van der Waals surface area contributed by atoms with Crippen molar-refractivity contribution >= 4 is 12.0 Å². The summed E-state index contributed by atoms with van der Waals surface area (Å²) in [7, 11) is 1.65. The Morgan fingerprint density at radius 2 is 1.64 bits per heavy atom. The maximum Gasteiger partial charge on any atom is 0.147 e. The van der Waals surface area contributed by atoms with Gasteiger partial charge in [0.05, 0.1) is 13.7 Å². The van der Waals surface area contributed by atoms with Crippen molar-refractivity contribution in [2.75, 3.05) is 45.6 Å². The molecule has 0 atom stereocenters. The lowest BCUT2D eigenvalue weighted by Gasteiger charge is -2.40. The Morgan fingerprint density at radius 3 is 2.25 bits per heavy atom. The van der Waals surface area contributed by atoms with E-state index in [1.54, 1.807) is 12.3 Å². The van der Waals surface area contributed by atoms with Crippen molar-refractivity contribution in [3.05, 3.63) is 59.7 Å². The highest BCUT2D eigenvalue weighted by Crippen LogP contribution is 2.16. The van der Waals surface area contributed by atoms with E-state index in [0.717, 1.165) is 56.0 Å². The molecule has 0 aromatic heterocycles. The first kappa shape index (κ1) is 20.3. The third kappa shape index (κ3) is 5.77. The molecular weight excluding hydrogens is 356 g/mol. The Morgan fingerprint density at radius 1 is 1.00 bits per heavy atom. The highest BCUT2D eigenvalue weighted by Gasteiger charge is 2.23. The number of hydrogen-bond acceptors (Lipinski definition) is 7. The minimum absolute atomic E-state index is 0.0435. The number of benzene rings is 2. The van der Waals surface area contributed by atoms with Crippen molar-refractivity contribution in [2.45, 2.75) is 13.1 Å². The SMILES string of the molecule is COc1ccc(CN(OCC=O)N2CCN(Cc3ccc(N)cc3)CC2)cc1. The van der Waals surface area contributed by atoms with Gasteiger partial charge in [0.15, 0.2) is 0 Å². The number of nitrogens with zero attached hydrogens (tertiary/aromatic N) is 3. The summed E-state index contributed by atoms with van der Waals surface area (Å²) < 4.78 is 5.21. The molecule has 7 nitrogen and oxygen atoms in total. The van der Waals surface area contributed by atoms with Crippen molar-refractivity contribution in [3.8, 4) is 5.75 Å². The molecule has 28 heavy (non-hydrogen) atoms. The number of nitrogens with two attached hydrogens (primary N) is 1. The molecule has 1 aliphatic heterocycles. The molecule has 0 amide bonds. The van der Waals surface area contributed by atoms with Crippen LogP contribution in [0.4, 0.5) is 5.69 Å². The second-order valence-electron chi connectivity index (χ2n) is 6.79. The van der Waals surface area contributed by atoms with Crippen LogP contribution < -0.4 is 10.5 Å². The van der Waals surface area contributed by atoms with E-state index in [1.807, 2.05) is 36.4 Å². The molecule has 0 saturated carbocycles. The third-order valence-corrected chi connectivity index (χ3v) is 4.82. The second-order valence-corrected chi connectivity index (χ2v) is 6.79. The topological polar surface area (TPSA) is 71.3 Å². The largest absolute Gasteiger partial charge is 0.497 e. The fourth-order valence-corrected chi connectivity index (χ4v) is 3.23. The van der Waals surface area contributed by atoms with Gasteiger partial charge in [0.25, 0.3) is 0 Å². The minimum atomic E-state index is 0.0435. The van der Waals surface area contributed by atoms with Gasteiger partial charge in [-0.2, -0.15) is 0 Å². The van der Waals surface area contributed by atoms with Gasteiger partial charge in [-0.3, -0.25) is 9.74 Å². The standard InChI is InChI=1S/C21H28N4O3/c1-27-21-8-4-19(5-9-21)17-25(28-15-14-26)24-12-10-23(11-13-24)16-18-2-6-20(22)7-3-18/h2-9,14H,10-13,15-17,22H2,1H3. The van der Waals surface area contributed by atoms with Gasteiger partial charge >= 0.3 is 0 Å². The number of anilines is 1. The Bertz CT molecular complexity index is 728. The highest BCUT2D eigenvalue weighted by atomic mass is 16.7. The first-order chi connectivity index (χ1) is 13.7. The van der Waals surface area contributed by atoms with Gasteiger partial charge in [-0.15, -0.1) is 5.17 Å². The molecule has 1 aliphatic rings. The minimum Gasteiger partial charge on any atom is -0.497 e. The summed E-state index contributed by atoms with van der Waals surface area (Å²) in [5.41, 5.74) is 8.90. The van der Waals surface area contributed by atoms with Crippen LogP contribution in [-0.4, -0.2) is 61.3 Å². The number of rotatable bonds is 9. The number of hydrogen-bond donors (Lipinski definition) is 1. The number of methoxy groups -OCH3 is 1. The average Bonchev–Trinajstić information content (AvgIpc) is 2.74. The summed E-state index contributed by atoms with van der Waals surface area (Å²) in [5.74, 6) is 0.820. The molecule has 2 aromatic carbocycles. The second kappa shape index (κ2) is 10.2. The quantitative estimate of drug-likeness (QED) is 0.402. The summed E-state index contributed by atoms with van der Waals surface area (Å²) in [6, 6.07) is 15.9. The highest BCUT2D eigenvalue weighted by molar-refractivity contribution is 5.50. The van der Waals surface area contributed by atoms with Crippen molar-refractivity contribution in [2.24, 2.45) is 0 Å². The van der Waals surface area contributed by atoms with Crippen LogP contribution in [0.5, 0.6) is 5.75 Å². The number of carbonyl (C=O) groups excluding carboxylic acids is 1. The number of hydrazine groups is 1. The number of carbonyl (C=O) groups is 1. The van der Waals surface area contributed by atoms with Crippen LogP contribution in [0, 0.1) is 0 Å². The molecule has 0 radical (unpaired) electrons. The van der Waals surface area contributed by atoms with Crippen LogP contribution in [0.25, 0.3) is 0 Å². The monoisotopic (exact) mass is 384 g/mol. The van der Waals surface area contributed by atoms with Crippen molar-refractivity contribution < 1.29 is 14.4 Å². The van der Waals surface area contributed by atoms with E-state index in [4.69, 9.17) is 15.3 Å². The van der Waals surface area contributed by atoms with E-state index in [-0.39, 0.29) is 6.61 Å². The predicted molar refractivity (Wildman–Crippen MR) is 108 cm³/mol. The Balaban J connectivity index is 1.55. The maximum atomic E-state index is 10.8. The van der Waals surface area contributed by atoms with Gasteiger partial charge in [-0.1, -0.05) is 24.3 Å². The molecule has 7 heteroatoms. The summed E-state index contributed by atoms with van der Waals surface area (Å²) >= 11 is 0. The summed E-state index contributed by atoms with van der Waals surface area (Å²) in [4.78, 5) is 18.9. The van der Waals surface area contributed by atoms with Gasteiger partial charge < -0.3 is 15.3 Å². The summed E-state index contributed by atoms with van der Waals surface area (Å²) in [5, 5.41) is 3.96. The van der Waals surface area contributed by atoms with Crippen LogP contribution in [0.3, 0.4) is 0 Å². The first-order valence-corrected chi connectivity index (χ1v) is 9.46. The smallest absolute Gasteiger partial charge is 0.147 e. The molecule has 0 bridgehead atoms. The van der Waals surface area contributed by atoms with E-state index < -0.39 is 0 Å². The third-order valence-electron chi connectivity index (χ3n) is 4.82. The van der Waals surface area contributed by atoms with E-state index in [0.29, 0.717) is 6.54 Å². The average molecular weight is 384 g/mol. The number of piperazine rings is 1. The van der Waals surface area contributed by atoms with Crippen molar-refractivity contribution in [3.63, 3.8) is 0 Å². The number of hydroxylamine groups is 1. The van der Waals surface area contributed by atoms with Crippen LogP contribution in [0.2, 0.25) is 0 Å². The van der Waals surface area contributed by atoms with E-state index in [1.165, 1.54) is 5.56 Å². The van der Waals surface area contributed by atoms with Gasteiger partial charge in [0.1, 0.15) is 18.6 Å². The molecule has 1 fully saturated rings. The number of ether oxygens (including phenoxy) is 1. The lowest BCUT2D eigenvalue weighted by Crippen LogP contribution is -2.53. The van der Waals surface area contributed by atoms with Gasteiger partial charge in [0, 0.05) is 38.4 Å². The molecule has 1 saturated heterocycles. The van der Waals surface area contributed by atoms with Gasteiger partial charge in [0.2, 0.25) is 0 Å². The Hall–Kier alpha value is -2.45. The van der Waals surface area contributed by atoms with E-state index in [2.05, 4.69) is 22.0 Å². The van der Waals surface area contributed by atoms with E-state index in [9.17, 15) is 4.79 Å². The lowest BCUT2D eigenvalue weighted by atomic mass is 10.2. The van der Waals surface area contributed by atoms with Crippen molar-refractivity contribution in [1.82, 2.24) is 15.1 Å². The molecule has 0 unspecified atom stereocenters.